The van der Waals surface area contributed by atoms with Crippen LogP contribution in [0.2, 0.25) is 5.02 Å². The van der Waals surface area contributed by atoms with E-state index in [0.717, 1.165) is 29.7 Å². The number of nitrogens with zero attached hydrogens (tertiary/aromatic N) is 3. The van der Waals surface area contributed by atoms with Crippen LogP contribution < -0.4 is 10.9 Å². The van der Waals surface area contributed by atoms with Crippen LogP contribution in [-0.4, -0.2) is 34.0 Å². The normalized spacial score (nSPS) is 17.7. The highest BCUT2D eigenvalue weighted by molar-refractivity contribution is 6.32. The second-order valence-corrected chi connectivity index (χ2v) is 5.89. The van der Waals surface area contributed by atoms with E-state index in [1.165, 1.54) is 6.20 Å². The lowest BCUT2D eigenvalue weighted by Gasteiger charge is -2.13. The van der Waals surface area contributed by atoms with Crippen molar-refractivity contribution in [3.63, 3.8) is 0 Å². The summed E-state index contributed by atoms with van der Waals surface area (Å²) in [6.45, 7) is 1.20. The number of pyridine rings is 1. The SMILES string of the molecule is O=c1c(Cl)c(NCC2CCCO2)cnn1-c1ccc(C(F)(F)F)cn1. The molecule has 2 aromatic heterocycles. The van der Waals surface area contributed by atoms with E-state index in [1.807, 2.05) is 0 Å². The van der Waals surface area contributed by atoms with Crippen LogP contribution in [0, 0.1) is 0 Å². The van der Waals surface area contributed by atoms with Crippen molar-refractivity contribution in [2.24, 2.45) is 0 Å². The number of nitrogens with one attached hydrogen (secondary N) is 1. The van der Waals surface area contributed by atoms with Gasteiger partial charge >= 0.3 is 6.18 Å². The van der Waals surface area contributed by atoms with Gasteiger partial charge in [-0.1, -0.05) is 11.6 Å². The maximum absolute atomic E-state index is 12.6. The Balaban J connectivity index is 1.81. The lowest BCUT2D eigenvalue weighted by atomic mass is 10.2. The lowest BCUT2D eigenvalue weighted by Crippen LogP contribution is -2.25. The number of rotatable bonds is 4. The van der Waals surface area contributed by atoms with Crippen LogP contribution in [-0.2, 0) is 10.9 Å². The zero-order chi connectivity index (χ0) is 18.0. The quantitative estimate of drug-likeness (QED) is 0.891. The third kappa shape index (κ3) is 3.93. The Labute approximate surface area is 145 Å². The van der Waals surface area contributed by atoms with Crippen molar-refractivity contribution in [2.75, 3.05) is 18.5 Å². The van der Waals surface area contributed by atoms with E-state index in [-0.39, 0.29) is 16.9 Å². The molecule has 0 saturated carbocycles. The summed E-state index contributed by atoms with van der Waals surface area (Å²) in [7, 11) is 0. The van der Waals surface area contributed by atoms with Crippen molar-refractivity contribution >= 4 is 17.3 Å². The molecule has 0 amide bonds. The summed E-state index contributed by atoms with van der Waals surface area (Å²) in [6.07, 6.45) is -0.573. The lowest BCUT2D eigenvalue weighted by molar-refractivity contribution is -0.137. The molecule has 3 rings (SSSR count). The van der Waals surface area contributed by atoms with E-state index in [4.69, 9.17) is 16.3 Å². The molecular formula is C15H14ClF3N4O2. The molecule has 1 fully saturated rings. The van der Waals surface area contributed by atoms with Gasteiger partial charge in [0.25, 0.3) is 5.56 Å². The standard InChI is InChI=1S/C15H14ClF3N4O2/c16-13-11(20-7-10-2-1-5-25-10)8-22-23(14(13)24)12-4-3-9(6-21-12)15(17,18)19/h3-4,6,8,10,20H,1-2,5,7H2. The molecule has 0 aromatic carbocycles. The van der Waals surface area contributed by atoms with Crippen LogP contribution in [0.15, 0.2) is 29.3 Å². The Kier molecular flexibility index (Phi) is 4.96. The van der Waals surface area contributed by atoms with E-state index < -0.39 is 17.3 Å². The molecule has 134 valence electrons. The van der Waals surface area contributed by atoms with Gasteiger partial charge in [0.05, 0.1) is 23.6 Å². The van der Waals surface area contributed by atoms with E-state index >= 15 is 0 Å². The Morgan fingerprint density at radius 3 is 2.76 bits per heavy atom. The van der Waals surface area contributed by atoms with Gasteiger partial charge in [-0.15, -0.1) is 0 Å². The maximum atomic E-state index is 12.6. The third-order valence-electron chi connectivity index (χ3n) is 3.76. The fraction of sp³-hybridized carbons (Fsp3) is 0.400. The fourth-order valence-corrected chi connectivity index (χ4v) is 2.62. The van der Waals surface area contributed by atoms with Crippen molar-refractivity contribution in [3.05, 3.63) is 45.5 Å². The van der Waals surface area contributed by atoms with Gasteiger partial charge in [-0.3, -0.25) is 4.79 Å². The van der Waals surface area contributed by atoms with E-state index in [9.17, 15) is 18.0 Å². The summed E-state index contributed by atoms with van der Waals surface area (Å²) >= 11 is 6.05. The first-order valence-electron chi connectivity index (χ1n) is 7.53. The minimum atomic E-state index is -4.50. The molecule has 1 N–H and O–H groups in total. The number of alkyl halides is 3. The average Bonchev–Trinajstić information content (AvgIpc) is 3.09. The van der Waals surface area contributed by atoms with Crippen molar-refractivity contribution in [1.82, 2.24) is 14.8 Å². The molecule has 0 aliphatic carbocycles. The van der Waals surface area contributed by atoms with Crippen LogP contribution in [0.3, 0.4) is 0 Å². The number of halogens is 4. The minimum absolute atomic E-state index is 0.0504. The van der Waals surface area contributed by atoms with E-state index in [0.29, 0.717) is 25.0 Å². The predicted octanol–water partition coefficient (Wildman–Crippen LogP) is 2.89. The summed E-state index contributed by atoms with van der Waals surface area (Å²) in [5.41, 5.74) is -1.25. The van der Waals surface area contributed by atoms with Crippen molar-refractivity contribution in [3.8, 4) is 5.82 Å². The molecule has 6 nitrogen and oxygen atoms in total. The molecule has 1 saturated heterocycles. The second kappa shape index (κ2) is 7.01. The van der Waals surface area contributed by atoms with Gasteiger partial charge in [0.15, 0.2) is 5.82 Å². The third-order valence-corrected chi connectivity index (χ3v) is 4.12. The molecule has 1 aliphatic rings. The van der Waals surface area contributed by atoms with Gasteiger partial charge in [0.1, 0.15) is 5.02 Å². The number of anilines is 1. The number of ether oxygens (including phenoxy) is 1. The summed E-state index contributed by atoms with van der Waals surface area (Å²) in [4.78, 5) is 15.9. The molecule has 25 heavy (non-hydrogen) atoms. The average molecular weight is 375 g/mol. The first-order valence-corrected chi connectivity index (χ1v) is 7.91. The van der Waals surface area contributed by atoms with Gasteiger partial charge in [-0.2, -0.15) is 23.0 Å². The molecule has 1 unspecified atom stereocenters. The van der Waals surface area contributed by atoms with Gasteiger partial charge in [-0.05, 0) is 25.0 Å². The summed E-state index contributed by atoms with van der Waals surface area (Å²) < 4.78 is 44.0. The molecule has 1 aliphatic heterocycles. The highest BCUT2D eigenvalue weighted by atomic mass is 35.5. The molecule has 0 radical (unpaired) electrons. The zero-order valence-electron chi connectivity index (χ0n) is 12.9. The first kappa shape index (κ1) is 17.7. The zero-order valence-corrected chi connectivity index (χ0v) is 13.6. The monoisotopic (exact) mass is 374 g/mol. The topological polar surface area (TPSA) is 69.0 Å². The summed E-state index contributed by atoms with van der Waals surface area (Å²) in [5.74, 6) is -0.0504. The van der Waals surface area contributed by atoms with E-state index in [2.05, 4.69) is 15.4 Å². The summed E-state index contributed by atoms with van der Waals surface area (Å²) in [6, 6.07) is 1.89. The largest absolute Gasteiger partial charge is 0.417 e. The Bertz CT molecular complexity index is 802. The molecule has 2 aromatic rings. The first-order chi connectivity index (χ1) is 11.9. The maximum Gasteiger partial charge on any atom is 0.417 e. The molecular weight excluding hydrogens is 361 g/mol. The van der Waals surface area contributed by atoms with Crippen LogP contribution >= 0.6 is 11.6 Å². The summed E-state index contributed by atoms with van der Waals surface area (Å²) in [5, 5.41) is 6.80. The van der Waals surface area contributed by atoms with Crippen LogP contribution in [0.5, 0.6) is 0 Å². The number of aromatic nitrogens is 3. The Hall–Kier alpha value is -2.13. The van der Waals surface area contributed by atoms with Crippen LogP contribution in [0.4, 0.5) is 18.9 Å². The van der Waals surface area contributed by atoms with E-state index in [1.54, 1.807) is 0 Å². The van der Waals surface area contributed by atoms with Gasteiger partial charge in [-0.25, -0.2) is 4.98 Å². The minimum Gasteiger partial charge on any atom is -0.380 e. The molecule has 0 spiro atoms. The van der Waals surface area contributed by atoms with Crippen LogP contribution in [0.25, 0.3) is 5.82 Å². The van der Waals surface area contributed by atoms with Crippen molar-refractivity contribution < 1.29 is 17.9 Å². The van der Waals surface area contributed by atoms with Crippen molar-refractivity contribution in [2.45, 2.75) is 25.1 Å². The highest BCUT2D eigenvalue weighted by Gasteiger charge is 2.30. The van der Waals surface area contributed by atoms with Crippen molar-refractivity contribution in [1.29, 1.82) is 0 Å². The van der Waals surface area contributed by atoms with Crippen LogP contribution in [0.1, 0.15) is 18.4 Å². The Morgan fingerprint density at radius 2 is 2.16 bits per heavy atom. The smallest absolute Gasteiger partial charge is 0.380 e. The number of hydrogen-bond donors (Lipinski definition) is 1. The fourth-order valence-electron chi connectivity index (χ4n) is 2.43. The molecule has 3 heterocycles. The number of hydrogen-bond acceptors (Lipinski definition) is 5. The molecule has 1 atom stereocenters. The second-order valence-electron chi connectivity index (χ2n) is 5.51. The highest BCUT2D eigenvalue weighted by Crippen LogP contribution is 2.28. The molecule has 10 heteroatoms. The van der Waals surface area contributed by atoms with Gasteiger partial charge in [0.2, 0.25) is 0 Å². The Morgan fingerprint density at radius 1 is 1.36 bits per heavy atom. The van der Waals surface area contributed by atoms with Gasteiger partial charge in [0, 0.05) is 19.3 Å². The predicted molar refractivity (Wildman–Crippen MR) is 85.1 cm³/mol. The van der Waals surface area contributed by atoms with Gasteiger partial charge < -0.3 is 10.1 Å². The molecule has 0 bridgehead atoms.